The molecule has 1 heterocycles. The molecule has 124 valence electrons. The fraction of sp³-hybridized carbons (Fsp3) is 0.176. The lowest BCUT2D eigenvalue weighted by Crippen LogP contribution is -2.33. The molecule has 1 fully saturated rings. The van der Waals surface area contributed by atoms with Crippen molar-refractivity contribution in [3.05, 3.63) is 58.6 Å². The molecule has 2 aromatic rings. The molecule has 2 amide bonds. The van der Waals surface area contributed by atoms with Crippen LogP contribution in [0.1, 0.15) is 6.42 Å². The zero-order valence-electron chi connectivity index (χ0n) is 12.4. The average Bonchev–Trinajstić information content (AvgIpc) is 2.92. The highest BCUT2D eigenvalue weighted by atomic mass is 79.9. The number of nitrogens with zero attached hydrogens (tertiary/aromatic N) is 1. The molecule has 0 bridgehead atoms. The van der Waals surface area contributed by atoms with Crippen LogP contribution in [0.3, 0.4) is 0 Å². The average molecular weight is 395 g/mol. The third-order valence-corrected chi connectivity index (χ3v) is 4.32. The van der Waals surface area contributed by atoms with E-state index in [4.69, 9.17) is 0 Å². The second-order valence-corrected chi connectivity index (χ2v) is 6.34. The van der Waals surface area contributed by atoms with E-state index in [0.717, 1.165) is 16.6 Å². The minimum atomic E-state index is -0.895. The normalized spacial score (nSPS) is 17.2. The molecule has 1 unspecified atom stereocenters. The summed E-state index contributed by atoms with van der Waals surface area (Å²) in [4.78, 5) is 26.3. The number of nitrogens with one attached hydrogen (secondary N) is 1. The molecule has 0 radical (unpaired) electrons. The molecule has 1 aliphatic heterocycles. The number of carbonyl (C=O) groups excluding carboxylic acids is 2. The van der Waals surface area contributed by atoms with Crippen LogP contribution in [0.4, 0.5) is 20.2 Å². The van der Waals surface area contributed by atoms with Gasteiger partial charge in [0.15, 0.2) is 0 Å². The minimum Gasteiger partial charge on any atom is -0.323 e. The summed E-state index contributed by atoms with van der Waals surface area (Å²) in [5, 5.41) is 2.36. The molecule has 1 atom stereocenters. The van der Waals surface area contributed by atoms with E-state index in [2.05, 4.69) is 21.2 Å². The van der Waals surface area contributed by atoms with Gasteiger partial charge in [0, 0.05) is 22.8 Å². The Balaban J connectivity index is 1.74. The number of halogens is 3. The van der Waals surface area contributed by atoms with Crippen LogP contribution in [0.2, 0.25) is 0 Å². The summed E-state index contributed by atoms with van der Waals surface area (Å²) >= 11 is 3.34. The van der Waals surface area contributed by atoms with E-state index in [0.29, 0.717) is 24.7 Å². The van der Waals surface area contributed by atoms with E-state index in [-0.39, 0.29) is 11.6 Å². The molecule has 0 saturated carbocycles. The SMILES string of the molecule is O=C(Nc1ccc(F)cc1F)C1CCN(c2cccc(Br)c2)C1=O. The number of carbonyl (C=O) groups is 2. The molecule has 0 spiro atoms. The van der Waals surface area contributed by atoms with Crippen LogP contribution in [0.5, 0.6) is 0 Å². The van der Waals surface area contributed by atoms with E-state index >= 15 is 0 Å². The second-order valence-electron chi connectivity index (χ2n) is 5.42. The topological polar surface area (TPSA) is 49.4 Å². The number of amides is 2. The highest BCUT2D eigenvalue weighted by Crippen LogP contribution is 2.28. The van der Waals surface area contributed by atoms with Crippen LogP contribution >= 0.6 is 15.9 Å². The van der Waals surface area contributed by atoms with E-state index in [1.807, 2.05) is 6.07 Å². The number of hydrogen-bond acceptors (Lipinski definition) is 2. The molecule has 0 aliphatic carbocycles. The van der Waals surface area contributed by atoms with Crippen molar-refractivity contribution in [2.24, 2.45) is 5.92 Å². The Hall–Kier alpha value is -2.28. The number of benzene rings is 2. The Morgan fingerprint density at radius 2 is 2.00 bits per heavy atom. The lowest BCUT2D eigenvalue weighted by molar-refractivity contribution is -0.129. The Morgan fingerprint density at radius 3 is 2.71 bits per heavy atom. The molecule has 7 heteroatoms. The first-order chi connectivity index (χ1) is 11.5. The quantitative estimate of drug-likeness (QED) is 0.806. The molecule has 2 aromatic carbocycles. The highest BCUT2D eigenvalue weighted by molar-refractivity contribution is 9.10. The Morgan fingerprint density at radius 1 is 1.21 bits per heavy atom. The molecular formula is C17H13BrF2N2O2. The molecule has 1 aliphatic rings. The van der Waals surface area contributed by atoms with Crippen molar-refractivity contribution in [1.29, 1.82) is 0 Å². The number of hydrogen-bond donors (Lipinski definition) is 1. The van der Waals surface area contributed by atoms with Gasteiger partial charge in [-0.1, -0.05) is 22.0 Å². The van der Waals surface area contributed by atoms with Gasteiger partial charge in [0.1, 0.15) is 17.6 Å². The van der Waals surface area contributed by atoms with Crippen LogP contribution in [0.25, 0.3) is 0 Å². The van der Waals surface area contributed by atoms with E-state index in [9.17, 15) is 18.4 Å². The number of rotatable bonds is 3. The van der Waals surface area contributed by atoms with Crippen molar-refractivity contribution in [3.8, 4) is 0 Å². The first-order valence-electron chi connectivity index (χ1n) is 7.28. The molecule has 0 aromatic heterocycles. The molecular weight excluding hydrogens is 382 g/mol. The van der Waals surface area contributed by atoms with Gasteiger partial charge < -0.3 is 10.2 Å². The van der Waals surface area contributed by atoms with Crippen LogP contribution in [-0.2, 0) is 9.59 Å². The van der Waals surface area contributed by atoms with Gasteiger partial charge in [0.2, 0.25) is 11.8 Å². The first-order valence-corrected chi connectivity index (χ1v) is 8.08. The summed E-state index contributed by atoms with van der Waals surface area (Å²) in [6.45, 7) is 0.402. The predicted octanol–water partition coefficient (Wildman–Crippen LogP) is 3.72. The zero-order valence-corrected chi connectivity index (χ0v) is 14.0. The van der Waals surface area contributed by atoms with Crippen molar-refractivity contribution >= 4 is 39.1 Å². The van der Waals surface area contributed by atoms with E-state index < -0.39 is 23.5 Å². The summed E-state index contributed by atoms with van der Waals surface area (Å²) in [5.41, 5.74) is 0.549. The van der Waals surface area contributed by atoms with Gasteiger partial charge in [-0.3, -0.25) is 9.59 Å². The summed E-state index contributed by atoms with van der Waals surface area (Å²) in [7, 11) is 0. The third-order valence-electron chi connectivity index (χ3n) is 3.83. The monoisotopic (exact) mass is 394 g/mol. The fourth-order valence-electron chi connectivity index (χ4n) is 2.63. The second kappa shape index (κ2) is 6.68. The smallest absolute Gasteiger partial charge is 0.239 e. The maximum atomic E-state index is 13.6. The minimum absolute atomic E-state index is 0.143. The van der Waals surface area contributed by atoms with Gasteiger partial charge in [0.25, 0.3) is 0 Å². The Kier molecular flexibility index (Phi) is 4.62. The number of anilines is 2. The van der Waals surface area contributed by atoms with Crippen LogP contribution < -0.4 is 10.2 Å². The Bertz CT molecular complexity index is 813. The standard InChI is InChI=1S/C17H13BrF2N2O2/c18-10-2-1-3-12(8-10)22-7-6-13(17(22)24)16(23)21-15-5-4-11(19)9-14(15)20/h1-5,8-9,13H,6-7H2,(H,21,23). The fourth-order valence-corrected chi connectivity index (χ4v) is 3.02. The van der Waals surface area contributed by atoms with E-state index in [1.54, 1.807) is 18.2 Å². The van der Waals surface area contributed by atoms with Gasteiger partial charge in [-0.15, -0.1) is 0 Å². The van der Waals surface area contributed by atoms with Gasteiger partial charge in [-0.05, 0) is 36.8 Å². The van der Waals surface area contributed by atoms with Crippen molar-refractivity contribution in [3.63, 3.8) is 0 Å². The molecule has 24 heavy (non-hydrogen) atoms. The first kappa shape index (κ1) is 16.6. The molecule has 1 N–H and O–H groups in total. The molecule has 1 saturated heterocycles. The highest BCUT2D eigenvalue weighted by Gasteiger charge is 2.37. The van der Waals surface area contributed by atoms with Gasteiger partial charge in [-0.25, -0.2) is 8.78 Å². The molecule has 3 rings (SSSR count). The van der Waals surface area contributed by atoms with Crippen LogP contribution in [0, 0.1) is 17.6 Å². The summed E-state index contributed by atoms with van der Waals surface area (Å²) in [6.07, 6.45) is 0.333. The summed E-state index contributed by atoms with van der Waals surface area (Å²) < 4.78 is 27.4. The van der Waals surface area contributed by atoms with E-state index in [1.165, 1.54) is 4.90 Å². The van der Waals surface area contributed by atoms with Gasteiger partial charge in [0.05, 0.1) is 5.69 Å². The summed E-state index contributed by atoms with van der Waals surface area (Å²) in [6, 6.07) is 10.1. The van der Waals surface area contributed by atoms with Gasteiger partial charge >= 0.3 is 0 Å². The van der Waals surface area contributed by atoms with Crippen LogP contribution in [-0.4, -0.2) is 18.4 Å². The third kappa shape index (κ3) is 3.31. The largest absolute Gasteiger partial charge is 0.323 e. The molecule has 4 nitrogen and oxygen atoms in total. The van der Waals surface area contributed by atoms with Crippen molar-refractivity contribution in [2.75, 3.05) is 16.8 Å². The maximum absolute atomic E-state index is 13.6. The van der Waals surface area contributed by atoms with Crippen LogP contribution in [0.15, 0.2) is 46.9 Å². The predicted molar refractivity (Wildman–Crippen MR) is 89.6 cm³/mol. The van der Waals surface area contributed by atoms with Gasteiger partial charge in [-0.2, -0.15) is 0 Å². The van der Waals surface area contributed by atoms with Crippen molar-refractivity contribution in [1.82, 2.24) is 0 Å². The van der Waals surface area contributed by atoms with Crippen molar-refractivity contribution < 1.29 is 18.4 Å². The lowest BCUT2D eigenvalue weighted by Gasteiger charge is -2.17. The Labute approximate surface area is 145 Å². The lowest BCUT2D eigenvalue weighted by atomic mass is 10.1. The summed E-state index contributed by atoms with van der Waals surface area (Å²) in [5.74, 6) is -3.44. The van der Waals surface area contributed by atoms with Crippen molar-refractivity contribution in [2.45, 2.75) is 6.42 Å². The maximum Gasteiger partial charge on any atom is 0.239 e. The zero-order chi connectivity index (χ0) is 17.3.